The zero-order chi connectivity index (χ0) is 15.2. The molecule has 5 heteroatoms. The van der Waals surface area contributed by atoms with Gasteiger partial charge in [-0.25, -0.2) is 0 Å². The summed E-state index contributed by atoms with van der Waals surface area (Å²) >= 11 is 0. The molecule has 1 aliphatic heterocycles. The van der Waals surface area contributed by atoms with Crippen molar-refractivity contribution < 1.29 is 19.8 Å². The number of likely N-dealkylation sites (tertiary alicyclic amines) is 1. The molecule has 2 aliphatic rings. The Morgan fingerprint density at radius 2 is 2.14 bits per heavy atom. The van der Waals surface area contributed by atoms with Crippen molar-refractivity contribution in [2.75, 3.05) is 13.1 Å². The maximum atomic E-state index is 12.6. The number of carbonyl (C=O) groups excluding carboxylic acids is 1. The fraction of sp³-hybridized carbons (Fsp3) is 0.500. The number of para-hydroxylation sites is 1. The van der Waals surface area contributed by atoms with E-state index in [4.69, 9.17) is 0 Å². The maximum absolute atomic E-state index is 12.6. The molecule has 5 nitrogen and oxygen atoms in total. The number of amides is 1. The van der Waals surface area contributed by atoms with Gasteiger partial charge < -0.3 is 15.1 Å². The SMILES string of the molecule is Cc1cccc(C(=O)N2C[C@@H]3CCC[C@@]3(C(=O)O)C2)c1O. The minimum atomic E-state index is -0.797. The van der Waals surface area contributed by atoms with Crippen LogP contribution < -0.4 is 0 Å². The third-order valence-corrected chi connectivity index (χ3v) is 5.05. The van der Waals surface area contributed by atoms with Gasteiger partial charge in [0.2, 0.25) is 0 Å². The van der Waals surface area contributed by atoms with Crippen molar-refractivity contribution >= 4 is 11.9 Å². The van der Waals surface area contributed by atoms with Crippen LogP contribution in [0.5, 0.6) is 5.75 Å². The third kappa shape index (κ3) is 1.99. The quantitative estimate of drug-likeness (QED) is 0.873. The Morgan fingerprint density at radius 1 is 1.38 bits per heavy atom. The average molecular weight is 289 g/mol. The van der Waals surface area contributed by atoms with Crippen molar-refractivity contribution in [1.82, 2.24) is 4.90 Å². The number of phenols is 1. The molecule has 112 valence electrons. The van der Waals surface area contributed by atoms with Gasteiger partial charge in [0.1, 0.15) is 5.75 Å². The summed E-state index contributed by atoms with van der Waals surface area (Å²) in [6.45, 7) is 2.46. The van der Waals surface area contributed by atoms with Crippen molar-refractivity contribution in [3.05, 3.63) is 29.3 Å². The highest BCUT2D eigenvalue weighted by molar-refractivity contribution is 5.98. The summed E-state index contributed by atoms with van der Waals surface area (Å²) < 4.78 is 0. The van der Waals surface area contributed by atoms with Gasteiger partial charge in [-0.05, 0) is 37.3 Å². The van der Waals surface area contributed by atoms with E-state index in [9.17, 15) is 19.8 Å². The molecule has 2 atom stereocenters. The molecule has 3 rings (SSSR count). The fourth-order valence-corrected chi connectivity index (χ4v) is 3.80. The first-order valence-electron chi connectivity index (χ1n) is 7.27. The third-order valence-electron chi connectivity index (χ3n) is 5.05. The molecule has 1 aliphatic carbocycles. The molecular formula is C16H19NO4. The number of aliphatic carboxylic acids is 1. The molecule has 1 aromatic carbocycles. The summed E-state index contributed by atoms with van der Waals surface area (Å²) in [5.74, 6) is -1.05. The van der Waals surface area contributed by atoms with E-state index in [1.807, 2.05) is 0 Å². The normalized spacial score (nSPS) is 27.7. The van der Waals surface area contributed by atoms with Crippen LogP contribution in [0.2, 0.25) is 0 Å². The van der Waals surface area contributed by atoms with Crippen LogP contribution >= 0.6 is 0 Å². The van der Waals surface area contributed by atoms with Crippen LogP contribution in [0.15, 0.2) is 18.2 Å². The highest BCUT2D eigenvalue weighted by Crippen LogP contribution is 2.49. The first-order valence-corrected chi connectivity index (χ1v) is 7.27. The van der Waals surface area contributed by atoms with Crippen LogP contribution in [0.3, 0.4) is 0 Å². The molecule has 1 heterocycles. The van der Waals surface area contributed by atoms with Crippen molar-refractivity contribution in [3.63, 3.8) is 0 Å². The second-order valence-corrected chi connectivity index (χ2v) is 6.21. The van der Waals surface area contributed by atoms with Crippen LogP contribution in [-0.2, 0) is 4.79 Å². The van der Waals surface area contributed by atoms with Crippen LogP contribution in [-0.4, -0.2) is 40.1 Å². The number of aromatic hydroxyl groups is 1. The molecule has 0 aromatic heterocycles. The Hall–Kier alpha value is -2.04. The number of hydrogen-bond acceptors (Lipinski definition) is 3. The first kappa shape index (κ1) is 13.9. The predicted molar refractivity (Wildman–Crippen MR) is 76.2 cm³/mol. The van der Waals surface area contributed by atoms with E-state index < -0.39 is 11.4 Å². The lowest BCUT2D eigenvalue weighted by molar-refractivity contribution is -0.149. The van der Waals surface area contributed by atoms with E-state index in [0.29, 0.717) is 18.5 Å². The van der Waals surface area contributed by atoms with Crippen LogP contribution in [0.25, 0.3) is 0 Å². The molecular weight excluding hydrogens is 270 g/mol. The molecule has 1 saturated heterocycles. The monoisotopic (exact) mass is 289 g/mol. The highest BCUT2D eigenvalue weighted by atomic mass is 16.4. The maximum Gasteiger partial charge on any atom is 0.311 e. The van der Waals surface area contributed by atoms with Crippen molar-refractivity contribution in [2.24, 2.45) is 11.3 Å². The van der Waals surface area contributed by atoms with Crippen molar-refractivity contribution in [2.45, 2.75) is 26.2 Å². The summed E-state index contributed by atoms with van der Waals surface area (Å²) in [4.78, 5) is 25.8. The Bertz CT molecular complexity index is 612. The smallest absolute Gasteiger partial charge is 0.311 e. The van der Waals surface area contributed by atoms with Gasteiger partial charge in [-0.1, -0.05) is 18.6 Å². The topological polar surface area (TPSA) is 77.8 Å². The molecule has 1 aromatic rings. The van der Waals surface area contributed by atoms with E-state index >= 15 is 0 Å². The van der Waals surface area contributed by atoms with E-state index in [2.05, 4.69) is 0 Å². The number of phenolic OH excluding ortho intramolecular Hbond substituents is 1. The number of carbonyl (C=O) groups is 2. The molecule has 0 bridgehead atoms. The zero-order valence-corrected chi connectivity index (χ0v) is 12.0. The van der Waals surface area contributed by atoms with E-state index in [-0.39, 0.29) is 29.7 Å². The van der Waals surface area contributed by atoms with E-state index in [1.165, 1.54) is 0 Å². The number of fused-ring (bicyclic) bond motifs is 1. The molecule has 1 saturated carbocycles. The molecule has 21 heavy (non-hydrogen) atoms. The van der Waals surface area contributed by atoms with Gasteiger partial charge in [-0.15, -0.1) is 0 Å². The summed E-state index contributed by atoms with van der Waals surface area (Å²) in [6.07, 6.45) is 2.40. The van der Waals surface area contributed by atoms with Gasteiger partial charge in [0.25, 0.3) is 5.91 Å². The lowest BCUT2D eigenvalue weighted by Gasteiger charge is -2.23. The lowest BCUT2D eigenvalue weighted by Crippen LogP contribution is -2.37. The number of carboxylic acids is 1. The number of benzene rings is 1. The summed E-state index contributed by atoms with van der Waals surface area (Å²) in [5.41, 5.74) is 0.124. The fourth-order valence-electron chi connectivity index (χ4n) is 3.80. The van der Waals surface area contributed by atoms with Crippen LogP contribution in [0.1, 0.15) is 35.2 Å². The average Bonchev–Trinajstić information content (AvgIpc) is 2.98. The number of carboxylic acid groups (broad SMARTS) is 1. The highest BCUT2D eigenvalue weighted by Gasteiger charge is 2.55. The second kappa shape index (κ2) is 4.76. The van der Waals surface area contributed by atoms with Gasteiger partial charge >= 0.3 is 5.97 Å². The largest absolute Gasteiger partial charge is 0.507 e. The first-order chi connectivity index (χ1) is 9.95. The Morgan fingerprint density at radius 3 is 2.81 bits per heavy atom. The molecule has 2 N–H and O–H groups in total. The molecule has 0 unspecified atom stereocenters. The number of rotatable bonds is 2. The minimum absolute atomic E-state index is 0.0102. The summed E-state index contributed by atoms with van der Waals surface area (Å²) in [6, 6.07) is 5.06. The molecule has 1 amide bonds. The number of nitrogens with zero attached hydrogens (tertiary/aromatic N) is 1. The molecule has 0 radical (unpaired) electrons. The van der Waals surface area contributed by atoms with E-state index in [0.717, 1.165) is 12.8 Å². The Labute approximate surface area is 123 Å². The van der Waals surface area contributed by atoms with E-state index in [1.54, 1.807) is 30.0 Å². The van der Waals surface area contributed by atoms with Gasteiger partial charge in [0.15, 0.2) is 0 Å². The second-order valence-electron chi connectivity index (χ2n) is 6.21. The summed E-state index contributed by atoms with van der Waals surface area (Å²) in [7, 11) is 0. The van der Waals surface area contributed by atoms with Crippen molar-refractivity contribution in [3.8, 4) is 5.75 Å². The van der Waals surface area contributed by atoms with Gasteiger partial charge in [-0.3, -0.25) is 9.59 Å². The van der Waals surface area contributed by atoms with Crippen LogP contribution in [0.4, 0.5) is 0 Å². The molecule has 0 spiro atoms. The lowest BCUT2D eigenvalue weighted by atomic mass is 9.81. The van der Waals surface area contributed by atoms with Crippen molar-refractivity contribution in [1.29, 1.82) is 0 Å². The zero-order valence-electron chi connectivity index (χ0n) is 12.0. The Balaban J connectivity index is 1.88. The molecule has 2 fully saturated rings. The Kier molecular flexibility index (Phi) is 3.15. The van der Waals surface area contributed by atoms with Gasteiger partial charge in [-0.2, -0.15) is 0 Å². The number of hydrogen-bond donors (Lipinski definition) is 2. The summed E-state index contributed by atoms with van der Waals surface area (Å²) in [5, 5.41) is 19.6. The predicted octanol–water partition coefficient (Wildman–Crippen LogP) is 2.03. The van der Waals surface area contributed by atoms with Crippen LogP contribution in [0, 0.1) is 18.3 Å². The standard InChI is InChI=1S/C16H19NO4/c1-10-4-2-6-12(13(10)18)14(19)17-8-11-5-3-7-16(11,9-17)15(20)21/h2,4,6,11,18H,3,5,7-9H2,1H3,(H,20,21)/t11-,16+/m0/s1. The number of aryl methyl sites for hydroxylation is 1. The van der Waals surface area contributed by atoms with Gasteiger partial charge in [0, 0.05) is 13.1 Å². The minimum Gasteiger partial charge on any atom is -0.507 e. The van der Waals surface area contributed by atoms with Gasteiger partial charge in [0.05, 0.1) is 11.0 Å².